The number of carbonyl (C=O) groups is 1. The third-order valence-corrected chi connectivity index (χ3v) is 2.96. The van der Waals surface area contributed by atoms with Gasteiger partial charge in [0.2, 0.25) is 0 Å². The quantitative estimate of drug-likeness (QED) is 0.702. The van der Waals surface area contributed by atoms with E-state index >= 15 is 0 Å². The normalized spacial score (nSPS) is 28.4. The van der Waals surface area contributed by atoms with E-state index in [1.54, 1.807) is 6.92 Å². The first-order chi connectivity index (χ1) is 6.43. The van der Waals surface area contributed by atoms with E-state index in [0.717, 1.165) is 19.4 Å². The molecule has 0 aliphatic carbocycles. The molecule has 1 saturated heterocycles. The van der Waals surface area contributed by atoms with Gasteiger partial charge in [-0.2, -0.15) is 0 Å². The predicted octanol–water partition coefficient (Wildman–Crippen LogP) is 0.663. The molecule has 1 aliphatic heterocycles. The van der Waals surface area contributed by atoms with Crippen LogP contribution in [-0.2, 0) is 4.79 Å². The maximum Gasteiger partial charge on any atom is 0.324 e. The summed E-state index contributed by atoms with van der Waals surface area (Å²) in [7, 11) is 0. The van der Waals surface area contributed by atoms with Crippen molar-refractivity contribution in [2.24, 2.45) is 5.73 Å². The number of aliphatic carboxylic acids is 1. The van der Waals surface area contributed by atoms with Gasteiger partial charge in [-0.05, 0) is 33.2 Å². The van der Waals surface area contributed by atoms with Crippen LogP contribution in [0.3, 0.4) is 0 Å². The van der Waals surface area contributed by atoms with E-state index in [1.807, 2.05) is 0 Å². The molecule has 1 heterocycles. The van der Waals surface area contributed by atoms with Gasteiger partial charge in [0.1, 0.15) is 5.54 Å². The van der Waals surface area contributed by atoms with Crippen molar-refractivity contribution in [3.63, 3.8) is 0 Å². The van der Waals surface area contributed by atoms with Crippen LogP contribution in [0, 0.1) is 0 Å². The SMILES string of the molecule is CC1CCCCN1CC(C)(N)C(=O)O. The van der Waals surface area contributed by atoms with E-state index in [1.165, 1.54) is 6.42 Å². The summed E-state index contributed by atoms with van der Waals surface area (Å²) in [5.74, 6) is -0.921. The van der Waals surface area contributed by atoms with E-state index < -0.39 is 11.5 Å². The molecule has 0 aromatic heterocycles. The molecule has 1 fully saturated rings. The molecule has 0 bridgehead atoms. The van der Waals surface area contributed by atoms with Gasteiger partial charge in [-0.1, -0.05) is 6.42 Å². The van der Waals surface area contributed by atoms with Gasteiger partial charge in [0, 0.05) is 12.6 Å². The minimum Gasteiger partial charge on any atom is -0.480 e. The molecule has 0 aromatic carbocycles. The van der Waals surface area contributed by atoms with E-state index in [-0.39, 0.29) is 0 Å². The minimum atomic E-state index is -1.12. The van der Waals surface area contributed by atoms with Crippen LogP contribution in [0.2, 0.25) is 0 Å². The second-order valence-electron chi connectivity index (χ2n) is 4.54. The Kier molecular flexibility index (Phi) is 3.50. The topological polar surface area (TPSA) is 66.6 Å². The summed E-state index contributed by atoms with van der Waals surface area (Å²) in [6.07, 6.45) is 3.54. The fraction of sp³-hybridized carbons (Fsp3) is 0.900. The Bertz CT molecular complexity index is 216. The van der Waals surface area contributed by atoms with Crippen LogP contribution < -0.4 is 5.73 Å². The molecule has 0 saturated carbocycles. The van der Waals surface area contributed by atoms with Crippen LogP contribution >= 0.6 is 0 Å². The van der Waals surface area contributed by atoms with Crippen molar-refractivity contribution in [2.75, 3.05) is 13.1 Å². The zero-order chi connectivity index (χ0) is 10.8. The zero-order valence-electron chi connectivity index (χ0n) is 8.99. The monoisotopic (exact) mass is 200 g/mol. The fourth-order valence-electron chi connectivity index (χ4n) is 1.88. The molecule has 0 aromatic rings. The number of nitrogens with two attached hydrogens (primary N) is 1. The highest BCUT2D eigenvalue weighted by Crippen LogP contribution is 2.18. The second-order valence-corrected chi connectivity index (χ2v) is 4.54. The molecule has 3 N–H and O–H groups in total. The van der Waals surface area contributed by atoms with Gasteiger partial charge in [-0.15, -0.1) is 0 Å². The van der Waals surface area contributed by atoms with Crippen molar-refractivity contribution in [2.45, 2.75) is 44.7 Å². The molecule has 0 spiro atoms. The van der Waals surface area contributed by atoms with Crippen LogP contribution in [0.15, 0.2) is 0 Å². The maximum absolute atomic E-state index is 10.8. The van der Waals surface area contributed by atoms with Crippen molar-refractivity contribution in [3.05, 3.63) is 0 Å². The maximum atomic E-state index is 10.8. The largest absolute Gasteiger partial charge is 0.480 e. The lowest BCUT2D eigenvalue weighted by Gasteiger charge is -2.37. The Morgan fingerprint density at radius 2 is 2.29 bits per heavy atom. The molecular weight excluding hydrogens is 180 g/mol. The minimum absolute atomic E-state index is 0.448. The number of carboxylic acids is 1. The Balaban J connectivity index is 2.53. The third kappa shape index (κ3) is 2.69. The molecule has 82 valence electrons. The molecule has 1 aliphatic rings. The summed E-state index contributed by atoms with van der Waals surface area (Å²) in [6, 6.07) is 0.464. The van der Waals surface area contributed by atoms with Gasteiger partial charge in [0.25, 0.3) is 0 Å². The lowest BCUT2D eigenvalue weighted by Crippen LogP contribution is -2.56. The first-order valence-electron chi connectivity index (χ1n) is 5.20. The number of piperidine rings is 1. The second kappa shape index (κ2) is 4.28. The van der Waals surface area contributed by atoms with E-state index in [9.17, 15) is 4.79 Å². The van der Waals surface area contributed by atoms with Crippen LogP contribution in [0.4, 0.5) is 0 Å². The summed E-state index contributed by atoms with van der Waals surface area (Å²) in [4.78, 5) is 13.0. The summed E-state index contributed by atoms with van der Waals surface area (Å²) < 4.78 is 0. The van der Waals surface area contributed by atoms with Gasteiger partial charge in [-0.25, -0.2) is 0 Å². The van der Waals surface area contributed by atoms with Crippen molar-refractivity contribution in [1.29, 1.82) is 0 Å². The van der Waals surface area contributed by atoms with E-state index in [0.29, 0.717) is 12.6 Å². The predicted molar refractivity (Wildman–Crippen MR) is 55.1 cm³/mol. The highest BCUT2D eigenvalue weighted by molar-refractivity contribution is 5.78. The Morgan fingerprint density at radius 3 is 2.79 bits per heavy atom. The fourth-order valence-corrected chi connectivity index (χ4v) is 1.88. The number of hydrogen-bond donors (Lipinski definition) is 2. The standard InChI is InChI=1S/C10H20N2O2/c1-8-5-3-4-6-12(8)7-10(2,11)9(13)14/h8H,3-7,11H2,1-2H3,(H,13,14). The molecular formula is C10H20N2O2. The van der Waals surface area contributed by atoms with Crippen LogP contribution in [0.5, 0.6) is 0 Å². The lowest BCUT2D eigenvalue weighted by atomic mass is 9.98. The Morgan fingerprint density at radius 1 is 1.64 bits per heavy atom. The molecule has 4 heteroatoms. The van der Waals surface area contributed by atoms with E-state index in [2.05, 4.69) is 11.8 Å². The molecule has 4 nitrogen and oxygen atoms in total. The highest BCUT2D eigenvalue weighted by atomic mass is 16.4. The smallest absolute Gasteiger partial charge is 0.324 e. The molecule has 0 radical (unpaired) electrons. The Hall–Kier alpha value is -0.610. The molecule has 2 unspecified atom stereocenters. The third-order valence-electron chi connectivity index (χ3n) is 2.96. The average molecular weight is 200 g/mol. The van der Waals surface area contributed by atoms with Gasteiger partial charge in [0.15, 0.2) is 0 Å². The number of hydrogen-bond acceptors (Lipinski definition) is 3. The average Bonchev–Trinajstić information content (AvgIpc) is 2.08. The number of likely N-dealkylation sites (tertiary alicyclic amines) is 1. The highest BCUT2D eigenvalue weighted by Gasteiger charge is 2.32. The summed E-state index contributed by atoms with van der Waals surface area (Å²) in [5, 5.41) is 8.91. The van der Waals surface area contributed by atoms with Gasteiger partial charge in [0.05, 0.1) is 0 Å². The van der Waals surface area contributed by atoms with Crippen LogP contribution in [-0.4, -0.2) is 40.6 Å². The summed E-state index contributed by atoms with van der Waals surface area (Å²) in [6.45, 7) is 5.14. The van der Waals surface area contributed by atoms with Crippen molar-refractivity contribution in [1.82, 2.24) is 4.90 Å². The first-order valence-corrected chi connectivity index (χ1v) is 5.20. The first kappa shape index (κ1) is 11.5. The lowest BCUT2D eigenvalue weighted by molar-refractivity contribution is -0.143. The van der Waals surface area contributed by atoms with Crippen LogP contribution in [0.1, 0.15) is 33.1 Å². The number of carboxylic acid groups (broad SMARTS) is 1. The van der Waals surface area contributed by atoms with Gasteiger partial charge < -0.3 is 10.8 Å². The van der Waals surface area contributed by atoms with Crippen molar-refractivity contribution >= 4 is 5.97 Å². The zero-order valence-corrected chi connectivity index (χ0v) is 8.99. The van der Waals surface area contributed by atoms with Gasteiger partial charge >= 0.3 is 5.97 Å². The van der Waals surface area contributed by atoms with Crippen molar-refractivity contribution in [3.8, 4) is 0 Å². The number of rotatable bonds is 3. The van der Waals surface area contributed by atoms with E-state index in [4.69, 9.17) is 10.8 Å². The summed E-state index contributed by atoms with van der Waals surface area (Å²) in [5.41, 5.74) is 4.59. The molecule has 14 heavy (non-hydrogen) atoms. The van der Waals surface area contributed by atoms with Crippen molar-refractivity contribution < 1.29 is 9.90 Å². The molecule has 0 amide bonds. The van der Waals surface area contributed by atoms with Crippen LogP contribution in [0.25, 0.3) is 0 Å². The molecule has 2 atom stereocenters. The number of nitrogens with zero attached hydrogens (tertiary/aromatic N) is 1. The van der Waals surface area contributed by atoms with Gasteiger partial charge in [-0.3, -0.25) is 9.69 Å². The molecule has 1 rings (SSSR count). The summed E-state index contributed by atoms with van der Waals surface area (Å²) >= 11 is 0. The Labute approximate surface area is 85.1 Å².